The summed E-state index contributed by atoms with van der Waals surface area (Å²) in [5.41, 5.74) is 2.04. The molecular weight excluding hydrogens is 398 g/mol. The number of aromatic nitrogens is 2. The largest absolute Gasteiger partial charge is 0.454 e. The van der Waals surface area contributed by atoms with E-state index in [1.165, 1.54) is 23.1 Å². The number of H-pyrrole nitrogens is 1. The number of rotatable bonds is 4. The fourth-order valence-electron chi connectivity index (χ4n) is 3.44. The minimum absolute atomic E-state index is 0.138. The van der Waals surface area contributed by atoms with Gasteiger partial charge in [-0.05, 0) is 44.2 Å². The molecule has 3 heterocycles. The highest BCUT2D eigenvalue weighted by Crippen LogP contribution is 2.35. The Balaban J connectivity index is 1.58. The van der Waals surface area contributed by atoms with Crippen LogP contribution in [0.25, 0.3) is 10.2 Å². The Morgan fingerprint density at radius 2 is 2.04 bits per heavy atom. The van der Waals surface area contributed by atoms with Crippen molar-refractivity contribution in [2.45, 2.75) is 46.6 Å². The van der Waals surface area contributed by atoms with Crippen LogP contribution in [0.1, 0.15) is 50.4 Å². The molecule has 2 N–H and O–H groups in total. The molecule has 7 nitrogen and oxygen atoms in total. The van der Waals surface area contributed by atoms with Gasteiger partial charge in [0.05, 0.1) is 10.9 Å². The first-order valence-electron chi connectivity index (χ1n) is 8.93. The highest BCUT2D eigenvalue weighted by molar-refractivity contribution is 7.18. The van der Waals surface area contributed by atoms with E-state index >= 15 is 0 Å². The van der Waals surface area contributed by atoms with Crippen LogP contribution in [0.3, 0.4) is 0 Å². The zero-order chi connectivity index (χ0) is 20.0. The van der Waals surface area contributed by atoms with Crippen molar-refractivity contribution in [3.8, 4) is 0 Å². The maximum absolute atomic E-state index is 12.6. The van der Waals surface area contributed by atoms with E-state index in [2.05, 4.69) is 15.3 Å². The van der Waals surface area contributed by atoms with Crippen molar-refractivity contribution in [1.82, 2.24) is 9.97 Å². The zero-order valence-electron chi connectivity index (χ0n) is 15.7. The molecule has 0 radical (unpaired) electrons. The third-order valence-corrected chi connectivity index (χ3v) is 7.15. The van der Waals surface area contributed by atoms with Crippen LogP contribution < -0.4 is 10.9 Å². The number of hydrogen-bond donors (Lipinski definition) is 2. The number of carbonyl (C=O) groups excluding carboxylic acids is 2. The number of esters is 1. The van der Waals surface area contributed by atoms with Gasteiger partial charge in [0.15, 0.2) is 0 Å². The molecule has 0 saturated carbocycles. The lowest BCUT2D eigenvalue weighted by Gasteiger charge is -2.07. The number of thiophene rings is 2. The zero-order valence-corrected chi connectivity index (χ0v) is 17.4. The van der Waals surface area contributed by atoms with Crippen LogP contribution in [-0.2, 0) is 29.0 Å². The molecule has 0 aliphatic heterocycles. The third kappa shape index (κ3) is 3.24. The standard InChI is InChI=1S/C19H19N3O4S2/c1-8-9(2)27-17(20-10(3)23)14(8)19(25)26-7-13-21-16(24)15-11-5-4-6-12(11)28-18(15)22-13/h4-7H2,1-3H3,(H,20,23)(H,21,22,24). The van der Waals surface area contributed by atoms with E-state index in [4.69, 9.17) is 4.74 Å². The van der Waals surface area contributed by atoms with Gasteiger partial charge in [-0.3, -0.25) is 9.59 Å². The van der Waals surface area contributed by atoms with Crippen LogP contribution in [0.15, 0.2) is 4.79 Å². The Morgan fingerprint density at radius 3 is 2.79 bits per heavy atom. The molecule has 1 amide bonds. The summed E-state index contributed by atoms with van der Waals surface area (Å²) in [6.07, 6.45) is 2.98. The molecule has 1 aliphatic carbocycles. The fourth-order valence-corrected chi connectivity index (χ4v) is 5.82. The number of hydrogen-bond acceptors (Lipinski definition) is 7. The second-order valence-corrected chi connectivity index (χ2v) is 9.10. The first-order chi connectivity index (χ1) is 13.3. The summed E-state index contributed by atoms with van der Waals surface area (Å²) in [7, 11) is 0. The van der Waals surface area contributed by atoms with Crippen molar-refractivity contribution in [2.75, 3.05) is 5.32 Å². The van der Waals surface area contributed by atoms with Gasteiger partial charge >= 0.3 is 5.97 Å². The molecule has 9 heteroatoms. The normalized spacial score (nSPS) is 13.0. The van der Waals surface area contributed by atoms with Crippen molar-refractivity contribution < 1.29 is 14.3 Å². The van der Waals surface area contributed by atoms with Gasteiger partial charge in [0.25, 0.3) is 5.56 Å². The first kappa shape index (κ1) is 18.8. The molecule has 3 aromatic heterocycles. The molecule has 0 aromatic carbocycles. The van der Waals surface area contributed by atoms with Crippen molar-refractivity contribution in [3.63, 3.8) is 0 Å². The number of ether oxygens (including phenoxy) is 1. The maximum atomic E-state index is 12.6. The lowest BCUT2D eigenvalue weighted by molar-refractivity contribution is -0.114. The Bertz CT molecular complexity index is 1170. The number of nitrogens with one attached hydrogen (secondary N) is 2. The monoisotopic (exact) mass is 417 g/mol. The van der Waals surface area contributed by atoms with Gasteiger partial charge in [-0.2, -0.15) is 0 Å². The molecule has 0 spiro atoms. The van der Waals surface area contributed by atoms with Gasteiger partial charge in [0.1, 0.15) is 22.3 Å². The Morgan fingerprint density at radius 1 is 1.25 bits per heavy atom. The smallest absolute Gasteiger partial charge is 0.341 e. The van der Waals surface area contributed by atoms with Gasteiger partial charge in [0.2, 0.25) is 5.91 Å². The number of amides is 1. The van der Waals surface area contributed by atoms with Gasteiger partial charge < -0.3 is 15.0 Å². The summed E-state index contributed by atoms with van der Waals surface area (Å²) >= 11 is 2.88. The maximum Gasteiger partial charge on any atom is 0.341 e. The third-order valence-electron chi connectivity index (χ3n) is 4.84. The predicted octanol–water partition coefficient (Wildman–Crippen LogP) is 3.47. The summed E-state index contributed by atoms with van der Waals surface area (Å²) in [4.78, 5) is 46.6. The van der Waals surface area contributed by atoms with Gasteiger partial charge in [-0.25, -0.2) is 9.78 Å². The molecule has 146 valence electrons. The second kappa shape index (κ2) is 7.14. The van der Waals surface area contributed by atoms with Crippen LogP contribution >= 0.6 is 22.7 Å². The molecule has 0 fully saturated rings. The van der Waals surface area contributed by atoms with Crippen molar-refractivity contribution >= 4 is 49.8 Å². The molecule has 0 atom stereocenters. The van der Waals surface area contributed by atoms with E-state index in [0.717, 1.165) is 35.3 Å². The number of aromatic amines is 1. The van der Waals surface area contributed by atoms with Crippen molar-refractivity contribution in [1.29, 1.82) is 0 Å². The van der Waals surface area contributed by atoms with Crippen LogP contribution in [0.4, 0.5) is 5.00 Å². The number of nitrogens with zero attached hydrogens (tertiary/aromatic N) is 1. The van der Waals surface area contributed by atoms with Gasteiger partial charge in [-0.1, -0.05) is 0 Å². The Hall–Kier alpha value is -2.52. The highest BCUT2D eigenvalue weighted by atomic mass is 32.1. The van der Waals surface area contributed by atoms with Crippen molar-refractivity contribution in [3.05, 3.63) is 42.6 Å². The molecule has 1 aliphatic rings. The summed E-state index contributed by atoms with van der Waals surface area (Å²) in [6, 6.07) is 0. The summed E-state index contributed by atoms with van der Waals surface area (Å²) in [5, 5.41) is 3.82. The molecule has 0 saturated heterocycles. The van der Waals surface area contributed by atoms with Crippen molar-refractivity contribution in [2.24, 2.45) is 0 Å². The van der Waals surface area contributed by atoms with E-state index in [1.807, 2.05) is 13.8 Å². The van der Waals surface area contributed by atoms with E-state index < -0.39 is 5.97 Å². The molecular formula is C19H19N3O4S2. The lowest BCUT2D eigenvalue weighted by atomic mass is 10.1. The van der Waals surface area contributed by atoms with Crippen LogP contribution in [0.2, 0.25) is 0 Å². The van der Waals surface area contributed by atoms with Gasteiger partial charge in [-0.15, -0.1) is 22.7 Å². The predicted molar refractivity (Wildman–Crippen MR) is 109 cm³/mol. The van der Waals surface area contributed by atoms with Crippen LogP contribution in [0.5, 0.6) is 0 Å². The van der Waals surface area contributed by atoms with Crippen LogP contribution in [0, 0.1) is 13.8 Å². The molecule has 4 rings (SSSR count). The number of aryl methyl sites for hydroxylation is 3. The number of fused-ring (bicyclic) bond motifs is 3. The Kier molecular flexibility index (Phi) is 4.80. The second-order valence-electron chi connectivity index (χ2n) is 6.79. The molecule has 28 heavy (non-hydrogen) atoms. The minimum atomic E-state index is -0.554. The first-order valence-corrected chi connectivity index (χ1v) is 10.6. The van der Waals surface area contributed by atoms with E-state index in [1.54, 1.807) is 11.3 Å². The summed E-state index contributed by atoms with van der Waals surface area (Å²) in [5.74, 6) is -0.490. The highest BCUT2D eigenvalue weighted by Gasteiger charge is 2.23. The summed E-state index contributed by atoms with van der Waals surface area (Å²) in [6.45, 7) is 4.94. The topological polar surface area (TPSA) is 101 Å². The number of carbonyl (C=O) groups is 2. The van der Waals surface area contributed by atoms with Crippen LogP contribution in [-0.4, -0.2) is 21.8 Å². The molecule has 3 aromatic rings. The number of anilines is 1. The Labute approximate surface area is 168 Å². The quantitative estimate of drug-likeness (QED) is 0.633. The van der Waals surface area contributed by atoms with Gasteiger partial charge in [0, 0.05) is 16.7 Å². The van der Waals surface area contributed by atoms with E-state index in [-0.39, 0.29) is 18.1 Å². The fraction of sp³-hybridized carbons (Fsp3) is 0.368. The average molecular weight is 418 g/mol. The minimum Gasteiger partial charge on any atom is -0.454 e. The molecule has 0 unspecified atom stereocenters. The SMILES string of the molecule is CC(=O)Nc1sc(C)c(C)c1C(=O)OCc1nc2sc3c(c2c(=O)[nH]1)CCC3. The average Bonchev–Trinajstić information content (AvgIpc) is 3.26. The van der Waals surface area contributed by atoms with E-state index in [9.17, 15) is 14.4 Å². The van der Waals surface area contributed by atoms with E-state index in [0.29, 0.717) is 26.6 Å². The molecule has 0 bridgehead atoms. The lowest BCUT2D eigenvalue weighted by Crippen LogP contribution is -2.15. The summed E-state index contributed by atoms with van der Waals surface area (Å²) < 4.78 is 5.40.